The van der Waals surface area contributed by atoms with E-state index in [0.29, 0.717) is 5.69 Å². The van der Waals surface area contributed by atoms with Gasteiger partial charge in [0.25, 0.3) is 5.78 Å². The number of carbonyl (C=O) groups is 2. The van der Waals surface area contributed by atoms with Gasteiger partial charge in [0.05, 0.1) is 21.4 Å². The van der Waals surface area contributed by atoms with Crippen LogP contribution in [0.4, 0.5) is 10.5 Å². The second-order valence-corrected chi connectivity index (χ2v) is 6.54. The second kappa shape index (κ2) is 5.39. The molecule has 0 aromatic heterocycles. The van der Waals surface area contributed by atoms with E-state index in [1.165, 1.54) is 4.90 Å². The predicted molar refractivity (Wildman–Crippen MR) is 81.4 cm³/mol. The van der Waals surface area contributed by atoms with Crippen LogP contribution in [0.1, 0.15) is 33.3 Å². The number of nitrogens with zero attached hydrogens (tertiary/aromatic N) is 2. The van der Waals surface area contributed by atoms with E-state index in [1.54, 1.807) is 33.8 Å². The Bertz CT molecular complexity index is 671. The number of hydrogen-bond donors (Lipinski definition) is 1. The highest BCUT2D eigenvalue weighted by Gasteiger charge is 2.48. The lowest BCUT2D eigenvalue weighted by Crippen LogP contribution is -2.43. The molecule has 1 aromatic rings. The van der Waals surface area contributed by atoms with E-state index in [2.05, 4.69) is 4.79 Å². The van der Waals surface area contributed by atoms with Gasteiger partial charge in [-0.05, 0) is 39.3 Å². The van der Waals surface area contributed by atoms with Crippen molar-refractivity contribution in [3.05, 3.63) is 29.8 Å². The smallest absolute Gasteiger partial charge is 0.414 e. The van der Waals surface area contributed by atoms with Crippen molar-refractivity contribution in [1.82, 2.24) is 0 Å². The molecule has 1 unspecified atom stereocenters. The molecule has 1 amide bonds. The zero-order valence-electron chi connectivity index (χ0n) is 13.2. The summed E-state index contributed by atoms with van der Waals surface area (Å²) in [5.74, 6) is -0.305. The lowest BCUT2D eigenvalue weighted by molar-refractivity contribution is -0.134. The highest BCUT2D eigenvalue weighted by Crippen LogP contribution is 2.41. The molecule has 2 rings (SSSR count). The molecule has 1 heterocycles. The molecule has 1 aliphatic rings. The Balaban J connectivity index is 2.44. The zero-order valence-corrected chi connectivity index (χ0v) is 13.2. The van der Waals surface area contributed by atoms with E-state index in [9.17, 15) is 9.59 Å². The third-order valence-corrected chi connectivity index (χ3v) is 3.60. The van der Waals surface area contributed by atoms with Crippen LogP contribution >= 0.6 is 0 Å². The van der Waals surface area contributed by atoms with Gasteiger partial charge in [-0.15, -0.1) is 0 Å². The number of para-hydroxylation sites is 1. The van der Waals surface area contributed by atoms with Gasteiger partial charge >= 0.3 is 12.3 Å². The number of carbonyl (C=O) groups excluding carboxylic acids is 2. The SMILES string of the molecule is CC(C)(C)OC(=O)N1CC(C)(C(=O)C=[N+]=N)c2ccccc21. The largest absolute Gasteiger partial charge is 0.443 e. The van der Waals surface area contributed by atoms with Gasteiger partial charge in [-0.25, -0.2) is 4.79 Å². The van der Waals surface area contributed by atoms with Gasteiger partial charge in [0, 0.05) is 6.54 Å². The Morgan fingerprint density at radius 2 is 2.00 bits per heavy atom. The molecule has 0 aliphatic carbocycles. The molecule has 6 heteroatoms. The Kier molecular flexibility index (Phi) is 3.90. The van der Waals surface area contributed by atoms with Crippen molar-refractivity contribution in [3.63, 3.8) is 0 Å². The normalized spacial score (nSPS) is 20.1. The summed E-state index contributed by atoms with van der Waals surface area (Å²) in [6.45, 7) is 7.31. The van der Waals surface area contributed by atoms with Gasteiger partial charge in [0.15, 0.2) is 0 Å². The first kappa shape index (κ1) is 15.9. The van der Waals surface area contributed by atoms with Crippen LogP contribution in [0.25, 0.3) is 0 Å². The first-order chi connectivity index (χ1) is 10.2. The quantitative estimate of drug-likeness (QED) is 0.517. The van der Waals surface area contributed by atoms with Gasteiger partial charge in [-0.1, -0.05) is 18.2 Å². The van der Waals surface area contributed by atoms with Crippen molar-refractivity contribution < 1.29 is 19.1 Å². The second-order valence-electron chi connectivity index (χ2n) is 6.54. The number of rotatable bonds is 2. The molecule has 0 saturated heterocycles. The molecule has 0 saturated carbocycles. The standard InChI is InChI=1S/C16H20N3O3/c1-15(2,3)22-14(21)19-10-16(4,13(20)9-18-17)11-7-5-6-8-12(11)19/h5-9,17H,10H2,1-4H3/q+1. The molecule has 0 fully saturated rings. The molecule has 0 radical (unpaired) electrons. The average Bonchev–Trinajstić information content (AvgIpc) is 2.73. The summed E-state index contributed by atoms with van der Waals surface area (Å²) in [4.78, 5) is 29.3. The Hall–Kier alpha value is -2.46. The first-order valence-corrected chi connectivity index (χ1v) is 7.03. The monoisotopic (exact) mass is 302 g/mol. The van der Waals surface area contributed by atoms with E-state index in [0.717, 1.165) is 11.8 Å². The minimum Gasteiger partial charge on any atom is -0.443 e. The van der Waals surface area contributed by atoms with Crippen LogP contribution in [-0.4, -0.2) is 35.0 Å². The zero-order chi connectivity index (χ0) is 16.5. The van der Waals surface area contributed by atoms with Crippen molar-refractivity contribution >= 4 is 23.8 Å². The molecular weight excluding hydrogens is 282 g/mol. The van der Waals surface area contributed by atoms with Crippen LogP contribution in [0.5, 0.6) is 0 Å². The molecule has 1 N–H and O–H groups in total. The molecule has 1 aliphatic heterocycles. The maximum Gasteiger partial charge on any atom is 0.414 e. The molecule has 22 heavy (non-hydrogen) atoms. The highest BCUT2D eigenvalue weighted by molar-refractivity contribution is 6.30. The molecular formula is C16H20N3O3+. The summed E-state index contributed by atoms with van der Waals surface area (Å²) >= 11 is 0. The van der Waals surface area contributed by atoms with Crippen LogP contribution in [0.3, 0.4) is 0 Å². The number of amides is 1. The fraction of sp³-hybridized carbons (Fsp3) is 0.438. The van der Waals surface area contributed by atoms with Crippen molar-refractivity contribution in [1.29, 1.82) is 5.53 Å². The van der Waals surface area contributed by atoms with Gasteiger partial charge < -0.3 is 4.74 Å². The predicted octanol–water partition coefficient (Wildman–Crippen LogP) is 2.58. The Morgan fingerprint density at radius 1 is 1.36 bits per heavy atom. The molecule has 1 atom stereocenters. The van der Waals surface area contributed by atoms with Crippen LogP contribution in [0, 0.1) is 5.53 Å². The summed E-state index contributed by atoms with van der Waals surface area (Å²) in [6, 6.07) is 7.23. The van der Waals surface area contributed by atoms with E-state index in [4.69, 9.17) is 10.3 Å². The number of benzene rings is 1. The van der Waals surface area contributed by atoms with Gasteiger partial charge in [0.1, 0.15) is 5.60 Å². The maximum absolute atomic E-state index is 12.4. The van der Waals surface area contributed by atoms with E-state index >= 15 is 0 Å². The van der Waals surface area contributed by atoms with Crippen molar-refractivity contribution in [3.8, 4) is 0 Å². The van der Waals surface area contributed by atoms with Crippen LogP contribution in [0.15, 0.2) is 24.3 Å². The average molecular weight is 302 g/mol. The lowest BCUT2D eigenvalue weighted by Gasteiger charge is -2.25. The lowest BCUT2D eigenvalue weighted by atomic mass is 9.81. The van der Waals surface area contributed by atoms with Gasteiger partial charge in [-0.2, -0.15) is 0 Å². The Labute approximate surface area is 129 Å². The van der Waals surface area contributed by atoms with E-state index in [1.807, 2.05) is 18.2 Å². The van der Waals surface area contributed by atoms with Gasteiger partial charge in [-0.3, -0.25) is 9.69 Å². The number of ether oxygens (including phenoxy) is 1. The first-order valence-electron chi connectivity index (χ1n) is 7.03. The molecule has 0 spiro atoms. The molecule has 0 bridgehead atoms. The number of anilines is 1. The topological polar surface area (TPSA) is 84.6 Å². The van der Waals surface area contributed by atoms with Crippen molar-refractivity contribution in [2.45, 2.75) is 38.7 Å². The summed E-state index contributed by atoms with van der Waals surface area (Å²) in [5, 5.41) is 0. The maximum atomic E-state index is 12.4. The third-order valence-electron chi connectivity index (χ3n) is 3.60. The Morgan fingerprint density at radius 3 is 2.59 bits per heavy atom. The summed E-state index contributed by atoms with van der Waals surface area (Å²) in [7, 11) is 0. The van der Waals surface area contributed by atoms with Crippen LogP contribution in [0.2, 0.25) is 0 Å². The number of nitrogens with one attached hydrogen (secondary N) is 1. The van der Waals surface area contributed by atoms with Gasteiger partial charge in [0.2, 0.25) is 0 Å². The van der Waals surface area contributed by atoms with Crippen molar-refractivity contribution in [2.24, 2.45) is 0 Å². The summed E-state index contributed by atoms with van der Waals surface area (Å²) in [5.41, 5.74) is 6.73. The van der Waals surface area contributed by atoms with E-state index in [-0.39, 0.29) is 12.3 Å². The summed E-state index contributed by atoms with van der Waals surface area (Å²) in [6.07, 6.45) is 0.495. The number of Topliss-reactive ketones (excluding diaryl/α,β-unsaturated/α-hetero) is 1. The van der Waals surface area contributed by atoms with E-state index < -0.39 is 17.1 Å². The summed E-state index contributed by atoms with van der Waals surface area (Å²) < 4.78 is 5.42. The number of hydrogen-bond acceptors (Lipinski definition) is 4. The van der Waals surface area contributed by atoms with Crippen molar-refractivity contribution in [2.75, 3.05) is 11.4 Å². The van der Waals surface area contributed by atoms with Crippen LogP contribution in [-0.2, 0) is 14.9 Å². The molecule has 116 valence electrons. The third kappa shape index (κ3) is 2.78. The highest BCUT2D eigenvalue weighted by atomic mass is 16.6. The minimum atomic E-state index is -0.919. The number of fused-ring (bicyclic) bond motifs is 1. The number of ketones is 1. The fourth-order valence-corrected chi connectivity index (χ4v) is 2.55. The molecule has 6 nitrogen and oxygen atoms in total. The van der Waals surface area contributed by atoms with Crippen LogP contribution < -0.4 is 4.90 Å². The minimum absolute atomic E-state index is 0.173. The fourth-order valence-electron chi connectivity index (χ4n) is 2.55. The molecule has 1 aromatic carbocycles.